The average Bonchev–Trinajstić information content (AvgIpc) is 1.85. The molecule has 0 aromatic carbocycles. The van der Waals surface area contributed by atoms with E-state index in [1.165, 1.54) is 6.92 Å². The van der Waals surface area contributed by atoms with E-state index in [-0.39, 0.29) is 24.8 Å². The summed E-state index contributed by atoms with van der Waals surface area (Å²) in [6.45, 7) is 1.22. The fraction of sp³-hybridized carbons (Fsp3) is 0.833. The zero-order valence-electron chi connectivity index (χ0n) is 6.46. The fourth-order valence-electron chi connectivity index (χ4n) is 0.544. The van der Waals surface area contributed by atoms with Crippen molar-refractivity contribution in [2.45, 2.75) is 23.8 Å². The molecule has 1 atom stereocenters. The Labute approximate surface area is 72.8 Å². The molecule has 0 saturated heterocycles. The maximum atomic E-state index is 12.4. The molecule has 0 amide bonds. The number of carboxylic acid groups (broad SMARTS) is 1. The summed E-state index contributed by atoms with van der Waals surface area (Å²) in [5.41, 5.74) is 0. The minimum atomic E-state index is -3.76. The van der Waals surface area contributed by atoms with Gasteiger partial charge in [0, 0.05) is 11.9 Å². The van der Waals surface area contributed by atoms with E-state index in [4.69, 9.17) is 10.2 Å². The molecule has 0 spiro atoms. The molecule has 0 aliphatic carbocycles. The first kappa shape index (κ1) is 11.6. The third-order valence-electron chi connectivity index (χ3n) is 1.13. The van der Waals surface area contributed by atoms with Crippen LogP contribution < -0.4 is 0 Å². The molecule has 0 aliphatic heterocycles. The van der Waals surface area contributed by atoms with Crippen LogP contribution in [0.15, 0.2) is 0 Å². The fourth-order valence-corrected chi connectivity index (χ4v) is 1.37. The normalized spacial score (nSPS) is 14.3. The van der Waals surface area contributed by atoms with Crippen LogP contribution in [0.3, 0.4) is 0 Å². The van der Waals surface area contributed by atoms with Gasteiger partial charge in [0.1, 0.15) is 0 Å². The van der Waals surface area contributed by atoms with Crippen molar-refractivity contribution in [2.75, 3.05) is 6.61 Å². The Morgan fingerprint density at radius 3 is 2.50 bits per heavy atom. The van der Waals surface area contributed by atoms with Crippen LogP contribution in [0.5, 0.6) is 0 Å². The quantitative estimate of drug-likeness (QED) is 0.699. The van der Waals surface area contributed by atoms with Crippen LogP contribution >= 0.6 is 11.8 Å². The number of rotatable bonds is 5. The van der Waals surface area contributed by atoms with Crippen molar-refractivity contribution in [3.63, 3.8) is 0 Å². The van der Waals surface area contributed by atoms with E-state index in [0.29, 0.717) is 0 Å². The van der Waals surface area contributed by atoms with Gasteiger partial charge in [-0.3, -0.25) is 0 Å². The topological polar surface area (TPSA) is 57.5 Å². The number of alkyl halides is 2. The highest BCUT2D eigenvalue weighted by Crippen LogP contribution is 2.33. The predicted molar refractivity (Wildman–Crippen MR) is 41.3 cm³/mol. The number of aliphatic hydroxyl groups excluding tert-OH is 1. The van der Waals surface area contributed by atoms with Gasteiger partial charge in [-0.25, -0.2) is 4.79 Å². The number of aliphatic carboxylic acids is 1. The molecule has 0 aromatic rings. The molecule has 0 saturated carbocycles. The van der Waals surface area contributed by atoms with Crippen molar-refractivity contribution in [3.05, 3.63) is 0 Å². The second-order valence-corrected chi connectivity index (χ2v) is 3.82. The van der Waals surface area contributed by atoms with Gasteiger partial charge in [0.2, 0.25) is 0 Å². The molecule has 6 heteroatoms. The van der Waals surface area contributed by atoms with Crippen molar-refractivity contribution in [1.29, 1.82) is 0 Å². The minimum Gasteiger partial charge on any atom is -0.476 e. The molecule has 0 bridgehead atoms. The summed E-state index contributed by atoms with van der Waals surface area (Å²) in [5.74, 6) is -2.14. The van der Waals surface area contributed by atoms with Gasteiger partial charge in [0.15, 0.2) is 0 Å². The summed E-state index contributed by atoms with van der Waals surface area (Å²) in [6.07, 6.45) is 0.160. The van der Waals surface area contributed by atoms with Crippen molar-refractivity contribution < 1.29 is 23.8 Å². The number of carboxylic acids is 1. The number of aliphatic hydroxyl groups is 1. The molecule has 0 aromatic heterocycles. The Morgan fingerprint density at radius 1 is 1.67 bits per heavy atom. The maximum Gasteiger partial charge on any atom is 0.389 e. The summed E-state index contributed by atoms with van der Waals surface area (Å²) in [4.78, 5) is 9.93. The Morgan fingerprint density at radius 2 is 2.17 bits per heavy atom. The van der Waals surface area contributed by atoms with Gasteiger partial charge in [-0.15, -0.1) is 0 Å². The van der Waals surface area contributed by atoms with E-state index >= 15 is 0 Å². The number of hydrogen-bond donors (Lipinski definition) is 2. The summed E-state index contributed by atoms with van der Waals surface area (Å²) in [6, 6.07) is 0. The van der Waals surface area contributed by atoms with Crippen molar-refractivity contribution in [2.24, 2.45) is 0 Å². The number of carbonyl (C=O) groups is 1. The van der Waals surface area contributed by atoms with Gasteiger partial charge in [0.25, 0.3) is 0 Å². The molecule has 72 valence electrons. The van der Waals surface area contributed by atoms with Crippen molar-refractivity contribution in [1.82, 2.24) is 0 Å². The van der Waals surface area contributed by atoms with Crippen molar-refractivity contribution >= 4 is 17.7 Å². The monoisotopic (exact) mass is 200 g/mol. The third-order valence-corrected chi connectivity index (χ3v) is 2.24. The molecule has 0 aliphatic rings. The molecule has 0 rings (SSSR count). The van der Waals surface area contributed by atoms with E-state index in [0.717, 1.165) is 0 Å². The second kappa shape index (κ2) is 4.61. The third kappa shape index (κ3) is 3.87. The summed E-state index contributed by atoms with van der Waals surface area (Å²) in [7, 11) is 0. The van der Waals surface area contributed by atoms with Gasteiger partial charge >= 0.3 is 11.2 Å². The van der Waals surface area contributed by atoms with Crippen LogP contribution in [0, 0.1) is 0 Å². The van der Waals surface area contributed by atoms with Crippen LogP contribution in [0.25, 0.3) is 0 Å². The Balaban J connectivity index is 3.96. The van der Waals surface area contributed by atoms with Crippen LogP contribution in [-0.4, -0.2) is 33.3 Å². The summed E-state index contributed by atoms with van der Waals surface area (Å²) >= 11 is 0.0417. The smallest absolute Gasteiger partial charge is 0.389 e. The van der Waals surface area contributed by atoms with Gasteiger partial charge < -0.3 is 10.2 Å². The Bertz CT molecular complexity index is 163. The first-order chi connectivity index (χ1) is 5.40. The molecule has 12 heavy (non-hydrogen) atoms. The van der Waals surface area contributed by atoms with Gasteiger partial charge in [-0.2, -0.15) is 8.78 Å². The van der Waals surface area contributed by atoms with E-state index in [9.17, 15) is 13.6 Å². The highest BCUT2D eigenvalue weighted by atomic mass is 32.2. The maximum absolute atomic E-state index is 12.4. The zero-order valence-corrected chi connectivity index (χ0v) is 7.27. The van der Waals surface area contributed by atoms with E-state index in [1.807, 2.05) is 0 Å². The zero-order chi connectivity index (χ0) is 9.78. The standard InChI is InChI=1S/C6H10F2O3S/c1-4(2-3-9)12-6(7,8)5(10)11/h4,9H,2-3H2,1H3,(H,10,11). The summed E-state index contributed by atoms with van der Waals surface area (Å²) < 4.78 is 24.8. The number of thioether (sulfide) groups is 1. The lowest BCUT2D eigenvalue weighted by Gasteiger charge is -2.14. The second-order valence-electron chi connectivity index (χ2n) is 2.26. The highest BCUT2D eigenvalue weighted by molar-refractivity contribution is 8.01. The lowest BCUT2D eigenvalue weighted by atomic mass is 10.3. The first-order valence-electron chi connectivity index (χ1n) is 3.30. The number of halogens is 2. The molecule has 1 unspecified atom stereocenters. The van der Waals surface area contributed by atoms with E-state index in [1.54, 1.807) is 0 Å². The molecule has 0 radical (unpaired) electrons. The van der Waals surface area contributed by atoms with Gasteiger partial charge in [-0.1, -0.05) is 18.7 Å². The van der Waals surface area contributed by atoms with Crippen LogP contribution in [0.4, 0.5) is 8.78 Å². The Kier molecular flexibility index (Phi) is 4.47. The molecular weight excluding hydrogens is 190 g/mol. The largest absolute Gasteiger partial charge is 0.476 e. The molecule has 0 heterocycles. The molecule has 0 fully saturated rings. The lowest BCUT2D eigenvalue weighted by molar-refractivity contribution is -0.152. The van der Waals surface area contributed by atoms with Crippen LogP contribution in [-0.2, 0) is 4.79 Å². The average molecular weight is 200 g/mol. The lowest BCUT2D eigenvalue weighted by Crippen LogP contribution is -2.26. The highest BCUT2D eigenvalue weighted by Gasteiger charge is 2.40. The minimum absolute atomic E-state index is 0.0417. The van der Waals surface area contributed by atoms with E-state index in [2.05, 4.69) is 0 Å². The van der Waals surface area contributed by atoms with Crippen LogP contribution in [0.2, 0.25) is 0 Å². The molecular formula is C6H10F2O3S. The van der Waals surface area contributed by atoms with Crippen molar-refractivity contribution in [3.8, 4) is 0 Å². The van der Waals surface area contributed by atoms with Crippen LogP contribution in [0.1, 0.15) is 13.3 Å². The van der Waals surface area contributed by atoms with E-state index < -0.39 is 16.5 Å². The first-order valence-corrected chi connectivity index (χ1v) is 4.18. The summed E-state index contributed by atoms with van der Waals surface area (Å²) in [5, 5.41) is 12.1. The van der Waals surface area contributed by atoms with Gasteiger partial charge in [0.05, 0.1) is 0 Å². The number of hydrogen-bond acceptors (Lipinski definition) is 3. The Hall–Kier alpha value is -0.360. The molecule has 3 nitrogen and oxygen atoms in total. The van der Waals surface area contributed by atoms with Gasteiger partial charge in [-0.05, 0) is 6.42 Å². The SMILES string of the molecule is CC(CCO)SC(F)(F)C(=O)O. The predicted octanol–water partition coefficient (Wildman–Crippen LogP) is 1.17. The molecule has 2 N–H and O–H groups in total.